The molecule has 1 unspecified atom stereocenters. The molecule has 2 rings (SSSR count). The number of nitrogens with one attached hydrogen (secondary N) is 1. The summed E-state index contributed by atoms with van der Waals surface area (Å²) in [5.74, 6) is 0.307. The van der Waals surface area contributed by atoms with Gasteiger partial charge in [-0.1, -0.05) is 0 Å². The van der Waals surface area contributed by atoms with Gasteiger partial charge in [0.25, 0.3) is 0 Å². The molecule has 1 aliphatic rings. The molecule has 1 saturated heterocycles. The minimum atomic E-state index is -0.271. The number of hydrogen-bond donors (Lipinski definition) is 1. The van der Waals surface area contributed by atoms with E-state index in [0.29, 0.717) is 11.5 Å². The Morgan fingerprint density at radius 3 is 2.75 bits per heavy atom. The molecule has 4 heteroatoms. The molecule has 110 valence electrons. The first kappa shape index (κ1) is 14.9. The Morgan fingerprint density at radius 2 is 2.15 bits per heavy atom. The molecular weight excluding hydrogens is 254 g/mol. The highest BCUT2D eigenvalue weighted by Gasteiger charge is 2.13. The van der Waals surface area contributed by atoms with Crippen molar-refractivity contribution in [1.82, 2.24) is 0 Å². The van der Waals surface area contributed by atoms with Crippen LogP contribution < -0.4 is 5.32 Å². The maximum absolute atomic E-state index is 11.7. The predicted molar refractivity (Wildman–Crippen MR) is 79.0 cm³/mol. The lowest BCUT2D eigenvalue weighted by atomic mass is 10.0. The molecule has 1 N–H and O–H groups in total. The van der Waals surface area contributed by atoms with E-state index in [0.717, 1.165) is 31.9 Å². The SMILES string of the molecule is CC(C)OC(=O)c1ccc(NCC2CCCOC2)cc1. The number of esters is 1. The van der Waals surface area contributed by atoms with Gasteiger partial charge in [0.2, 0.25) is 0 Å². The van der Waals surface area contributed by atoms with Crippen LogP contribution in [0.1, 0.15) is 37.0 Å². The molecule has 1 heterocycles. The van der Waals surface area contributed by atoms with E-state index >= 15 is 0 Å². The van der Waals surface area contributed by atoms with Crippen molar-refractivity contribution in [3.63, 3.8) is 0 Å². The van der Waals surface area contributed by atoms with Crippen LogP contribution in [0.3, 0.4) is 0 Å². The standard InChI is InChI=1S/C16H23NO3/c1-12(2)20-16(18)14-5-7-15(8-6-14)17-10-13-4-3-9-19-11-13/h5-8,12-13,17H,3-4,9-11H2,1-2H3. The van der Waals surface area contributed by atoms with Crippen molar-refractivity contribution < 1.29 is 14.3 Å². The summed E-state index contributed by atoms with van der Waals surface area (Å²) in [4.78, 5) is 11.7. The average molecular weight is 277 g/mol. The highest BCUT2D eigenvalue weighted by atomic mass is 16.5. The number of benzene rings is 1. The Hall–Kier alpha value is -1.55. The largest absolute Gasteiger partial charge is 0.459 e. The smallest absolute Gasteiger partial charge is 0.338 e. The lowest BCUT2D eigenvalue weighted by molar-refractivity contribution is 0.0378. The molecule has 1 atom stereocenters. The molecule has 0 aliphatic carbocycles. The fraction of sp³-hybridized carbons (Fsp3) is 0.562. The predicted octanol–water partition coefficient (Wildman–Crippen LogP) is 3.09. The fourth-order valence-electron chi connectivity index (χ4n) is 2.24. The first-order chi connectivity index (χ1) is 9.65. The van der Waals surface area contributed by atoms with Gasteiger partial charge >= 0.3 is 5.97 Å². The van der Waals surface area contributed by atoms with Gasteiger partial charge in [-0.25, -0.2) is 4.79 Å². The van der Waals surface area contributed by atoms with Crippen molar-refractivity contribution in [2.24, 2.45) is 5.92 Å². The van der Waals surface area contributed by atoms with Crippen molar-refractivity contribution in [3.05, 3.63) is 29.8 Å². The highest BCUT2D eigenvalue weighted by Crippen LogP contribution is 2.16. The summed E-state index contributed by atoms with van der Waals surface area (Å²) in [6.45, 7) is 6.34. The van der Waals surface area contributed by atoms with E-state index in [-0.39, 0.29) is 12.1 Å². The van der Waals surface area contributed by atoms with E-state index < -0.39 is 0 Å². The zero-order chi connectivity index (χ0) is 14.4. The van der Waals surface area contributed by atoms with E-state index in [9.17, 15) is 4.79 Å². The number of anilines is 1. The van der Waals surface area contributed by atoms with E-state index in [1.54, 1.807) is 12.1 Å². The number of hydrogen-bond acceptors (Lipinski definition) is 4. The maximum Gasteiger partial charge on any atom is 0.338 e. The van der Waals surface area contributed by atoms with E-state index in [1.165, 1.54) is 6.42 Å². The summed E-state index contributed by atoms with van der Waals surface area (Å²) in [6.07, 6.45) is 2.27. The molecule has 1 aromatic rings. The number of ether oxygens (including phenoxy) is 2. The summed E-state index contributed by atoms with van der Waals surface area (Å²) >= 11 is 0. The lowest BCUT2D eigenvalue weighted by Gasteiger charge is -2.22. The molecule has 0 saturated carbocycles. The first-order valence-corrected chi connectivity index (χ1v) is 7.28. The summed E-state index contributed by atoms with van der Waals surface area (Å²) in [7, 11) is 0. The van der Waals surface area contributed by atoms with Crippen LogP contribution in [0, 0.1) is 5.92 Å². The van der Waals surface area contributed by atoms with Gasteiger partial charge in [-0.15, -0.1) is 0 Å². The second kappa shape index (κ2) is 7.29. The summed E-state index contributed by atoms with van der Waals surface area (Å²) in [5.41, 5.74) is 1.61. The Bertz CT molecular complexity index is 422. The van der Waals surface area contributed by atoms with Crippen LogP contribution in [-0.4, -0.2) is 31.8 Å². The van der Waals surface area contributed by atoms with E-state index in [1.807, 2.05) is 26.0 Å². The topological polar surface area (TPSA) is 47.6 Å². The van der Waals surface area contributed by atoms with Crippen LogP contribution in [0.5, 0.6) is 0 Å². The van der Waals surface area contributed by atoms with Gasteiger partial charge in [0.05, 0.1) is 18.3 Å². The Labute approximate surface area is 120 Å². The zero-order valence-corrected chi connectivity index (χ0v) is 12.2. The van der Waals surface area contributed by atoms with Crippen LogP contribution in [-0.2, 0) is 9.47 Å². The Morgan fingerprint density at radius 1 is 1.40 bits per heavy atom. The second-order valence-corrected chi connectivity index (χ2v) is 5.50. The van der Waals surface area contributed by atoms with Crippen LogP contribution in [0.2, 0.25) is 0 Å². The van der Waals surface area contributed by atoms with Gasteiger partial charge in [-0.3, -0.25) is 0 Å². The minimum Gasteiger partial charge on any atom is -0.459 e. The first-order valence-electron chi connectivity index (χ1n) is 7.28. The molecule has 1 fully saturated rings. The van der Waals surface area contributed by atoms with Crippen LogP contribution in [0.15, 0.2) is 24.3 Å². The summed E-state index contributed by atoms with van der Waals surface area (Å²) < 4.78 is 10.6. The van der Waals surface area contributed by atoms with E-state index in [4.69, 9.17) is 9.47 Å². The molecule has 0 spiro atoms. The third-order valence-corrected chi connectivity index (χ3v) is 3.31. The van der Waals surface area contributed by atoms with Gasteiger partial charge in [0.15, 0.2) is 0 Å². The van der Waals surface area contributed by atoms with Crippen molar-refractivity contribution in [2.75, 3.05) is 25.1 Å². The van der Waals surface area contributed by atoms with Crippen molar-refractivity contribution in [2.45, 2.75) is 32.8 Å². The molecular formula is C16H23NO3. The molecule has 0 aromatic heterocycles. The minimum absolute atomic E-state index is 0.0911. The van der Waals surface area contributed by atoms with E-state index in [2.05, 4.69) is 5.32 Å². The van der Waals surface area contributed by atoms with Crippen LogP contribution in [0.4, 0.5) is 5.69 Å². The Balaban J connectivity index is 1.83. The van der Waals surface area contributed by atoms with Crippen molar-refractivity contribution in [1.29, 1.82) is 0 Å². The van der Waals surface area contributed by atoms with Gasteiger partial charge in [0.1, 0.15) is 0 Å². The molecule has 1 aromatic carbocycles. The van der Waals surface area contributed by atoms with Crippen molar-refractivity contribution >= 4 is 11.7 Å². The molecule has 0 bridgehead atoms. The molecule has 1 aliphatic heterocycles. The number of carbonyl (C=O) groups is 1. The highest BCUT2D eigenvalue weighted by molar-refractivity contribution is 5.89. The second-order valence-electron chi connectivity index (χ2n) is 5.50. The molecule has 20 heavy (non-hydrogen) atoms. The summed E-state index contributed by atoms with van der Waals surface area (Å²) in [6, 6.07) is 7.43. The third-order valence-electron chi connectivity index (χ3n) is 3.31. The fourth-order valence-corrected chi connectivity index (χ4v) is 2.24. The van der Waals surface area contributed by atoms with Gasteiger partial charge in [-0.2, -0.15) is 0 Å². The average Bonchev–Trinajstić information content (AvgIpc) is 2.46. The normalized spacial score (nSPS) is 18.9. The number of rotatable bonds is 5. The molecule has 0 radical (unpaired) electrons. The zero-order valence-electron chi connectivity index (χ0n) is 12.2. The Kier molecular flexibility index (Phi) is 5.41. The monoisotopic (exact) mass is 277 g/mol. The summed E-state index contributed by atoms with van der Waals surface area (Å²) in [5, 5.41) is 3.39. The van der Waals surface area contributed by atoms with Crippen molar-refractivity contribution in [3.8, 4) is 0 Å². The van der Waals surface area contributed by atoms with Gasteiger partial charge < -0.3 is 14.8 Å². The quantitative estimate of drug-likeness (QED) is 0.840. The lowest BCUT2D eigenvalue weighted by Crippen LogP contribution is -2.24. The third kappa shape index (κ3) is 4.53. The van der Waals surface area contributed by atoms with Gasteiger partial charge in [-0.05, 0) is 56.9 Å². The molecule has 4 nitrogen and oxygen atoms in total. The number of carbonyl (C=O) groups excluding carboxylic acids is 1. The molecule has 0 amide bonds. The van der Waals surface area contributed by atoms with Gasteiger partial charge in [0, 0.05) is 18.8 Å². The maximum atomic E-state index is 11.7. The van der Waals surface area contributed by atoms with Crippen LogP contribution >= 0.6 is 0 Å². The van der Waals surface area contributed by atoms with Crippen LogP contribution in [0.25, 0.3) is 0 Å².